The van der Waals surface area contributed by atoms with Crippen molar-refractivity contribution in [1.29, 1.82) is 0 Å². The largest absolute Gasteiger partial charge is 0.462 e. The van der Waals surface area contributed by atoms with Crippen LogP contribution in [0, 0.1) is 0 Å². The van der Waals surface area contributed by atoms with Crippen molar-refractivity contribution in [3.05, 3.63) is 48.6 Å². The number of esters is 3. The molecule has 0 rings (SSSR count). The molecule has 0 saturated carbocycles. The Morgan fingerprint density at radius 3 is 1.00 bits per heavy atom. The maximum Gasteiger partial charge on any atom is 0.306 e. The quantitative estimate of drug-likeness (QED) is 0.0263. The van der Waals surface area contributed by atoms with E-state index in [1.165, 1.54) is 141 Å². The van der Waals surface area contributed by atoms with Crippen molar-refractivity contribution >= 4 is 17.9 Å². The molecule has 61 heavy (non-hydrogen) atoms. The van der Waals surface area contributed by atoms with Crippen LogP contribution < -0.4 is 0 Å². The topological polar surface area (TPSA) is 78.9 Å². The van der Waals surface area contributed by atoms with Gasteiger partial charge in [-0.1, -0.05) is 198 Å². The Morgan fingerprint density at radius 1 is 0.328 bits per heavy atom. The molecular weight excluding hydrogens is 757 g/mol. The number of carbonyl (C=O) groups excluding carboxylic acids is 3. The Labute approximate surface area is 378 Å². The van der Waals surface area contributed by atoms with Gasteiger partial charge >= 0.3 is 17.9 Å². The molecule has 0 heterocycles. The average molecular weight is 855 g/mol. The van der Waals surface area contributed by atoms with Gasteiger partial charge in [0.05, 0.1) is 0 Å². The van der Waals surface area contributed by atoms with Crippen LogP contribution in [0.4, 0.5) is 0 Å². The van der Waals surface area contributed by atoms with E-state index in [0.717, 1.165) is 83.5 Å². The average Bonchev–Trinajstić information content (AvgIpc) is 3.26. The second-order valence-electron chi connectivity index (χ2n) is 17.4. The molecule has 0 aliphatic heterocycles. The Balaban J connectivity index is 4.33. The smallest absolute Gasteiger partial charge is 0.306 e. The monoisotopic (exact) mass is 855 g/mol. The zero-order valence-corrected chi connectivity index (χ0v) is 40.4. The lowest BCUT2D eigenvalue weighted by atomic mass is 10.1. The van der Waals surface area contributed by atoms with E-state index in [9.17, 15) is 14.4 Å². The zero-order chi connectivity index (χ0) is 44.4. The second-order valence-corrected chi connectivity index (χ2v) is 17.4. The molecule has 6 heteroatoms. The molecule has 0 N–H and O–H groups in total. The first-order valence-corrected chi connectivity index (χ1v) is 26.1. The van der Waals surface area contributed by atoms with Gasteiger partial charge in [0.15, 0.2) is 6.10 Å². The van der Waals surface area contributed by atoms with Gasteiger partial charge in [-0.15, -0.1) is 0 Å². The number of rotatable bonds is 47. The molecule has 1 unspecified atom stereocenters. The van der Waals surface area contributed by atoms with E-state index in [4.69, 9.17) is 14.2 Å². The molecule has 0 bridgehead atoms. The standard InChI is InChI=1S/C55H98O6/c1-4-7-10-13-16-19-22-24-25-26-27-28-29-31-33-36-39-42-45-48-54(57)60-51-52(50-59-53(56)47-44-41-38-35-32-21-18-15-12-9-6-3)61-55(58)49-46-43-40-37-34-30-23-20-17-14-11-8-5-2/h15-16,18-20,23-25,52H,4-14,17,21-22,26-51H2,1-3H3/b18-15-,19-16-,23-20-,25-24-. The first-order valence-electron chi connectivity index (χ1n) is 26.1. The third-order valence-corrected chi connectivity index (χ3v) is 11.3. The van der Waals surface area contributed by atoms with Crippen molar-refractivity contribution in [2.24, 2.45) is 0 Å². The van der Waals surface area contributed by atoms with Gasteiger partial charge in [-0.2, -0.15) is 0 Å². The first-order chi connectivity index (χ1) is 30.0. The summed E-state index contributed by atoms with van der Waals surface area (Å²) in [5, 5.41) is 0. The van der Waals surface area contributed by atoms with E-state index in [2.05, 4.69) is 69.4 Å². The third kappa shape index (κ3) is 48.3. The van der Waals surface area contributed by atoms with Gasteiger partial charge in [0.2, 0.25) is 0 Å². The van der Waals surface area contributed by atoms with Crippen molar-refractivity contribution in [2.75, 3.05) is 13.2 Å². The Hall–Kier alpha value is -2.63. The van der Waals surface area contributed by atoms with E-state index >= 15 is 0 Å². The van der Waals surface area contributed by atoms with Gasteiger partial charge in [-0.3, -0.25) is 14.4 Å². The van der Waals surface area contributed by atoms with E-state index in [0.29, 0.717) is 19.3 Å². The van der Waals surface area contributed by atoms with Crippen molar-refractivity contribution < 1.29 is 28.6 Å². The van der Waals surface area contributed by atoms with Crippen LogP contribution in [0.5, 0.6) is 0 Å². The van der Waals surface area contributed by atoms with Gasteiger partial charge in [0.25, 0.3) is 0 Å². The van der Waals surface area contributed by atoms with E-state index in [1.54, 1.807) is 0 Å². The molecule has 0 amide bonds. The van der Waals surface area contributed by atoms with Crippen molar-refractivity contribution in [3.63, 3.8) is 0 Å². The van der Waals surface area contributed by atoms with Crippen LogP contribution in [-0.2, 0) is 28.6 Å². The van der Waals surface area contributed by atoms with Gasteiger partial charge < -0.3 is 14.2 Å². The maximum atomic E-state index is 12.8. The molecule has 0 spiro atoms. The summed E-state index contributed by atoms with van der Waals surface area (Å²) in [6, 6.07) is 0. The van der Waals surface area contributed by atoms with Gasteiger partial charge in [0, 0.05) is 19.3 Å². The Bertz CT molecular complexity index is 1070. The Kier molecular flexibility index (Phi) is 47.9. The highest BCUT2D eigenvalue weighted by Crippen LogP contribution is 2.14. The van der Waals surface area contributed by atoms with E-state index in [1.807, 2.05) is 0 Å². The fraction of sp³-hybridized carbons (Fsp3) is 0.800. The number of hydrogen-bond donors (Lipinski definition) is 0. The van der Waals surface area contributed by atoms with Crippen LogP contribution in [0.25, 0.3) is 0 Å². The molecule has 1 atom stereocenters. The van der Waals surface area contributed by atoms with Crippen molar-refractivity contribution in [1.82, 2.24) is 0 Å². The molecule has 0 aromatic carbocycles. The fourth-order valence-corrected chi connectivity index (χ4v) is 7.27. The van der Waals surface area contributed by atoms with Crippen LogP contribution in [0.15, 0.2) is 48.6 Å². The summed E-state index contributed by atoms with van der Waals surface area (Å²) in [6.07, 6.45) is 59.5. The second kappa shape index (κ2) is 50.0. The Morgan fingerprint density at radius 2 is 0.607 bits per heavy atom. The highest BCUT2D eigenvalue weighted by atomic mass is 16.6. The summed E-state index contributed by atoms with van der Waals surface area (Å²) < 4.78 is 16.8. The van der Waals surface area contributed by atoms with Crippen LogP contribution in [0.2, 0.25) is 0 Å². The number of unbranched alkanes of at least 4 members (excludes halogenated alkanes) is 28. The molecule has 0 radical (unpaired) electrons. The molecule has 354 valence electrons. The van der Waals surface area contributed by atoms with Crippen LogP contribution in [0.1, 0.15) is 265 Å². The summed E-state index contributed by atoms with van der Waals surface area (Å²) in [5.74, 6) is -0.898. The summed E-state index contributed by atoms with van der Waals surface area (Å²) in [4.78, 5) is 37.9. The van der Waals surface area contributed by atoms with E-state index < -0.39 is 6.10 Å². The van der Waals surface area contributed by atoms with Gasteiger partial charge in [0.1, 0.15) is 13.2 Å². The van der Waals surface area contributed by atoms with Crippen LogP contribution in [0.3, 0.4) is 0 Å². The number of ether oxygens (including phenoxy) is 3. The minimum Gasteiger partial charge on any atom is -0.462 e. The number of allylic oxidation sites excluding steroid dienone is 8. The van der Waals surface area contributed by atoms with Crippen LogP contribution >= 0.6 is 0 Å². The summed E-state index contributed by atoms with van der Waals surface area (Å²) in [7, 11) is 0. The number of hydrogen-bond acceptors (Lipinski definition) is 6. The van der Waals surface area contributed by atoms with E-state index in [-0.39, 0.29) is 31.1 Å². The highest BCUT2D eigenvalue weighted by molar-refractivity contribution is 5.71. The molecule has 0 saturated heterocycles. The maximum absolute atomic E-state index is 12.8. The van der Waals surface area contributed by atoms with Crippen LogP contribution in [-0.4, -0.2) is 37.2 Å². The molecule has 0 fully saturated rings. The minimum absolute atomic E-state index is 0.0805. The lowest BCUT2D eigenvalue weighted by molar-refractivity contribution is -0.167. The SMILES string of the molecule is CCCC/C=C\CCCCCCCC(=O)OCC(COC(=O)CCCCCCCCCCC/C=C\C/C=C\CCCCC)OC(=O)CCCCCCC/C=C\CCCCCC. The first kappa shape index (κ1) is 58.4. The minimum atomic E-state index is -0.780. The fourth-order valence-electron chi connectivity index (χ4n) is 7.27. The molecule has 0 aliphatic carbocycles. The molecular formula is C55H98O6. The van der Waals surface area contributed by atoms with Crippen molar-refractivity contribution in [2.45, 2.75) is 271 Å². The predicted octanol–water partition coefficient (Wildman–Crippen LogP) is 17.1. The normalized spacial score (nSPS) is 12.4. The lowest BCUT2D eigenvalue weighted by Gasteiger charge is -2.18. The molecule has 0 aromatic heterocycles. The van der Waals surface area contributed by atoms with Crippen molar-refractivity contribution in [3.8, 4) is 0 Å². The lowest BCUT2D eigenvalue weighted by Crippen LogP contribution is -2.30. The zero-order valence-electron chi connectivity index (χ0n) is 40.4. The number of carbonyl (C=O) groups is 3. The summed E-state index contributed by atoms with van der Waals surface area (Å²) in [5.41, 5.74) is 0. The molecule has 0 aromatic rings. The predicted molar refractivity (Wildman–Crippen MR) is 261 cm³/mol. The summed E-state index contributed by atoms with van der Waals surface area (Å²) in [6.45, 7) is 6.55. The molecule has 0 aliphatic rings. The highest BCUT2D eigenvalue weighted by Gasteiger charge is 2.19. The third-order valence-electron chi connectivity index (χ3n) is 11.3. The van der Waals surface area contributed by atoms with Gasteiger partial charge in [-0.05, 0) is 96.3 Å². The summed E-state index contributed by atoms with van der Waals surface area (Å²) >= 11 is 0. The molecule has 6 nitrogen and oxygen atoms in total. The van der Waals surface area contributed by atoms with Gasteiger partial charge in [-0.25, -0.2) is 0 Å².